The fourth-order valence-corrected chi connectivity index (χ4v) is 6.63. The fraction of sp³-hybridized carbons (Fsp3) is 0.826. The summed E-state index contributed by atoms with van der Waals surface area (Å²) in [5.74, 6) is 3.34. The molecular formula is C23H33NO. The van der Waals surface area contributed by atoms with Crippen LogP contribution in [0, 0.1) is 45.8 Å². The van der Waals surface area contributed by atoms with E-state index in [0.717, 1.165) is 43.4 Å². The van der Waals surface area contributed by atoms with E-state index in [4.69, 9.17) is 0 Å². The van der Waals surface area contributed by atoms with Crippen LogP contribution < -0.4 is 0 Å². The van der Waals surface area contributed by atoms with Crippen LogP contribution in [-0.4, -0.2) is 5.78 Å². The van der Waals surface area contributed by atoms with Gasteiger partial charge in [-0.3, -0.25) is 4.79 Å². The lowest BCUT2D eigenvalue weighted by molar-refractivity contribution is -0.116. The van der Waals surface area contributed by atoms with Crippen molar-refractivity contribution < 1.29 is 4.79 Å². The van der Waals surface area contributed by atoms with Crippen LogP contribution in [0.3, 0.4) is 0 Å². The SMILES string of the molecule is C1CC1.CC12CCC3C4CCC(=O)C=C4CCC3C1CC[C@]2(C)C#N. The number of ketones is 1. The first kappa shape index (κ1) is 17.3. The molecule has 0 aromatic heterocycles. The third kappa shape index (κ3) is 2.79. The molecule has 2 nitrogen and oxygen atoms in total. The molecule has 0 heterocycles. The van der Waals surface area contributed by atoms with Crippen molar-refractivity contribution in [1.29, 1.82) is 5.26 Å². The molecule has 5 rings (SSSR count). The summed E-state index contributed by atoms with van der Waals surface area (Å²) in [6.07, 6.45) is 15.5. The summed E-state index contributed by atoms with van der Waals surface area (Å²) < 4.78 is 0. The van der Waals surface area contributed by atoms with Gasteiger partial charge in [-0.15, -0.1) is 0 Å². The highest BCUT2D eigenvalue weighted by Crippen LogP contribution is 2.67. The molecule has 25 heavy (non-hydrogen) atoms. The molecule has 4 saturated carbocycles. The fourth-order valence-electron chi connectivity index (χ4n) is 6.63. The third-order valence-electron chi connectivity index (χ3n) is 8.51. The number of rotatable bonds is 0. The van der Waals surface area contributed by atoms with Gasteiger partial charge in [-0.25, -0.2) is 0 Å². The third-order valence-corrected chi connectivity index (χ3v) is 8.51. The maximum atomic E-state index is 11.7. The van der Waals surface area contributed by atoms with Crippen molar-refractivity contribution in [2.75, 3.05) is 0 Å². The Hall–Kier alpha value is -1.10. The van der Waals surface area contributed by atoms with Crippen molar-refractivity contribution >= 4 is 5.78 Å². The molecule has 136 valence electrons. The number of nitrogens with zero attached hydrogens (tertiary/aromatic N) is 1. The zero-order valence-corrected chi connectivity index (χ0v) is 16.0. The minimum atomic E-state index is -0.124. The highest BCUT2D eigenvalue weighted by Gasteiger charge is 2.61. The zero-order chi connectivity index (χ0) is 17.7. The topological polar surface area (TPSA) is 40.9 Å². The van der Waals surface area contributed by atoms with E-state index >= 15 is 0 Å². The van der Waals surface area contributed by atoms with E-state index in [-0.39, 0.29) is 10.8 Å². The lowest BCUT2D eigenvalue weighted by Crippen LogP contribution is -2.48. The van der Waals surface area contributed by atoms with Crippen molar-refractivity contribution in [3.8, 4) is 6.07 Å². The molecule has 0 N–H and O–H groups in total. The first-order valence-corrected chi connectivity index (χ1v) is 10.6. The average molecular weight is 340 g/mol. The van der Waals surface area contributed by atoms with Crippen LogP contribution in [0.2, 0.25) is 0 Å². The monoisotopic (exact) mass is 339 g/mol. The molecular weight excluding hydrogens is 306 g/mol. The number of carbonyl (C=O) groups is 1. The number of allylic oxidation sites excluding steroid dienone is 1. The van der Waals surface area contributed by atoms with E-state index in [0.29, 0.717) is 11.7 Å². The lowest BCUT2D eigenvalue weighted by Gasteiger charge is -2.55. The first-order chi connectivity index (χ1) is 12.0. The minimum Gasteiger partial charge on any atom is -0.295 e. The van der Waals surface area contributed by atoms with Gasteiger partial charge < -0.3 is 0 Å². The van der Waals surface area contributed by atoms with Crippen LogP contribution in [0.4, 0.5) is 0 Å². The van der Waals surface area contributed by atoms with Gasteiger partial charge in [-0.1, -0.05) is 31.8 Å². The van der Waals surface area contributed by atoms with Gasteiger partial charge in [-0.05, 0) is 87.0 Å². The number of carbonyl (C=O) groups excluding carboxylic acids is 1. The summed E-state index contributed by atoms with van der Waals surface area (Å²) in [6, 6.07) is 2.68. The molecule has 4 fully saturated rings. The summed E-state index contributed by atoms with van der Waals surface area (Å²) in [5.41, 5.74) is 1.55. The molecule has 2 heteroatoms. The molecule has 0 saturated heterocycles. The van der Waals surface area contributed by atoms with Crippen molar-refractivity contribution in [1.82, 2.24) is 0 Å². The maximum Gasteiger partial charge on any atom is 0.155 e. The summed E-state index contributed by atoms with van der Waals surface area (Å²) in [4.78, 5) is 11.7. The summed E-state index contributed by atoms with van der Waals surface area (Å²) in [6.45, 7) is 4.61. The Morgan fingerprint density at radius 2 is 1.76 bits per heavy atom. The summed E-state index contributed by atoms with van der Waals surface area (Å²) in [5, 5.41) is 9.75. The highest BCUT2D eigenvalue weighted by atomic mass is 16.1. The van der Waals surface area contributed by atoms with Crippen molar-refractivity contribution in [2.24, 2.45) is 34.5 Å². The van der Waals surface area contributed by atoms with Crippen molar-refractivity contribution in [3.63, 3.8) is 0 Å². The molecule has 0 bridgehead atoms. The second-order valence-electron chi connectivity index (χ2n) is 9.80. The second-order valence-corrected chi connectivity index (χ2v) is 9.80. The Morgan fingerprint density at radius 3 is 2.44 bits per heavy atom. The lowest BCUT2D eigenvalue weighted by atomic mass is 9.49. The van der Waals surface area contributed by atoms with E-state index in [1.807, 2.05) is 6.08 Å². The van der Waals surface area contributed by atoms with Crippen LogP contribution in [0.25, 0.3) is 0 Å². The number of hydrogen-bond donors (Lipinski definition) is 0. The van der Waals surface area contributed by atoms with Crippen LogP contribution in [0.1, 0.15) is 84.5 Å². The van der Waals surface area contributed by atoms with Gasteiger partial charge in [0.25, 0.3) is 0 Å². The zero-order valence-electron chi connectivity index (χ0n) is 16.0. The molecule has 5 unspecified atom stereocenters. The number of hydrogen-bond acceptors (Lipinski definition) is 2. The first-order valence-electron chi connectivity index (χ1n) is 10.6. The van der Waals surface area contributed by atoms with Gasteiger partial charge in [0.05, 0.1) is 11.5 Å². The predicted octanol–water partition coefficient (Wildman–Crippen LogP) is 5.83. The standard InChI is InChI=1S/C20H27NO.C3H6/c1-19(12-21)9-8-18-17-5-3-13-11-14(22)4-6-15(13)16(17)7-10-20(18,19)2;1-2-3-1/h11,15-18H,3-10H2,1-2H3;1-3H2/t15?,16?,17?,18?,19-,20?;/m1./s1. The second kappa shape index (κ2) is 6.26. The molecule has 6 atom stereocenters. The molecule has 0 amide bonds. The molecule has 5 aliphatic carbocycles. The van der Waals surface area contributed by atoms with Gasteiger partial charge in [0.15, 0.2) is 5.78 Å². The van der Waals surface area contributed by atoms with Gasteiger partial charge in [-0.2, -0.15) is 5.26 Å². The molecule has 0 spiro atoms. The summed E-state index contributed by atoms with van der Waals surface area (Å²) >= 11 is 0. The maximum absolute atomic E-state index is 11.7. The molecule has 0 aliphatic heterocycles. The average Bonchev–Trinajstić information content (AvgIpc) is 3.46. The van der Waals surface area contributed by atoms with Gasteiger partial charge >= 0.3 is 0 Å². The Kier molecular flexibility index (Phi) is 4.33. The number of fused-ring (bicyclic) bond motifs is 5. The van der Waals surface area contributed by atoms with Crippen molar-refractivity contribution in [2.45, 2.75) is 84.5 Å². The normalized spacial score (nSPS) is 47.2. The van der Waals surface area contributed by atoms with Crippen molar-refractivity contribution in [3.05, 3.63) is 11.6 Å². The Bertz CT molecular complexity index is 624. The highest BCUT2D eigenvalue weighted by molar-refractivity contribution is 5.91. The molecule has 0 aromatic rings. The van der Waals surface area contributed by atoms with Crippen LogP contribution in [0.15, 0.2) is 11.6 Å². The quantitative estimate of drug-likeness (QED) is 0.557. The Labute approximate surface area is 153 Å². The predicted molar refractivity (Wildman–Crippen MR) is 99.7 cm³/mol. The van der Waals surface area contributed by atoms with E-state index in [1.54, 1.807) is 0 Å². The van der Waals surface area contributed by atoms with E-state index in [2.05, 4.69) is 19.9 Å². The Morgan fingerprint density at radius 1 is 1.00 bits per heavy atom. The summed E-state index contributed by atoms with van der Waals surface area (Å²) in [7, 11) is 0. The van der Waals surface area contributed by atoms with Crippen LogP contribution in [0.5, 0.6) is 0 Å². The van der Waals surface area contributed by atoms with E-state index in [9.17, 15) is 10.1 Å². The largest absolute Gasteiger partial charge is 0.295 e. The van der Waals surface area contributed by atoms with Gasteiger partial charge in [0.2, 0.25) is 0 Å². The molecule has 5 aliphatic rings. The van der Waals surface area contributed by atoms with Gasteiger partial charge in [0, 0.05) is 6.42 Å². The van der Waals surface area contributed by atoms with Crippen LogP contribution >= 0.6 is 0 Å². The molecule has 0 aromatic carbocycles. The van der Waals surface area contributed by atoms with Crippen LogP contribution in [-0.2, 0) is 4.79 Å². The van der Waals surface area contributed by atoms with Gasteiger partial charge in [0.1, 0.15) is 0 Å². The minimum absolute atomic E-state index is 0.124. The smallest absolute Gasteiger partial charge is 0.155 e. The van der Waals surface area contributed by atoms with E-state index in [1.165, 1.54) is 50.5 Å². The van der Waals surface area contributed by atoms with E-state index < -0.39 is 0 Å². The number of nitriles is 1. The molecule has 0 radical (unpaired) electrons. The Balaban J connectivity index is 0.000000474.